The van der Waals surface area contributed by atoms with Gasteiger partial charge >= 0.3 is 0 Å². The molecule has 2 nitrogen and oxygen atoms in total. The quantitative estimate of drug-likeness (QED) is 0.615. The molecule has 0 fully saturated rings. The van der Waals surface area contributed by atoms with E-state index in [2.05, 4.69) is 12.2 Å². The highest BCUT2D eigenvalue weighted by molar-refractivity contribution is 6.17. The van der Waals surface area contributed by atoms with E-state index in [0.717, 1.165) is 35.5 Å². The van der Waals surface area contributed by atoms with Crippen molar-refractivity contribution in [2.75, 3.05) is 18.2 Å². The monoisotopic (exact) mass is 269 g/mol. The number of hydrogen-bond donors (Lipinski definition) is 2. The maximum Gasteiger partial charge on any atom is 0.119 e. The molecule has 0 unspecified atom stereocenters. The van der Waals surface area contributed by atoms with E-state index in [1.54, 1.807) is 6.07 Å². The van der Waals surface area contributed by atoms with E-state index in [9.17, 15) is 5.11 Å². The van der Waals surface area contributed by atoms with E-state index in [-0.39, 0.29) is 0 Å². The Kier molecular flexibility index (Phi) is 9.21. The summed E-state index contributed by atoms with van der Waals surface area (Å²) in [6.07, 6.45) is 5.97. The zero-order valence-electron chi connectivity index (χ0n) is 11.8. The normalized spacial score (nSPS) is 10.1. The molecular formula is C15H24ClNO. The second-order valence-electron chi connectivity index (χ2n) is 3.79. The highest BCUT2D eigenvalue weighted by atomic mass is 35.5. The molecule has 0 aliphatic rings. The van der Waals surface area contributed by atoms with Gasteiger partial charge in [0, 0.05) is 29.7 Å². The van der Waals surface area contributed by atoms with Gasteiger partial charge in [-0.25, -0.2) is 0 Å². The van der Waals surface area contributed by atoms with E-state index in [1.165, 1.54) is 0 Å². The maximum atomic E-state index is 9.81. The third kappa shape index (κ3) is 5.01. The van der Waals surface area contributed by atoms with E-state index in [4.69, 9.17) is 11.6 Å². The number of hydrogen-bond acceptors (Lipinski definition) is 2. The van der Waals surface area contributed by atoms with Crippen molar-refractivity contribution >= 4 is 23.4 Å². The van der Waals surface area contributed by atoms with Crippen LogP contribution in [-0.4, -0.2) is 18.0 Å². The zero-order valence-corrected chi connectivity index (χ0v) is 12.5. The number of anilines is 1. The third-order valence-electron chi connectivity index (χ3n) is 2.44. The fourth-order valence-corrected chi connectivity index (χ4v) is 1.74. The average Bonchev–Trinajstić information content (AvgIpc) is 2.35. The molecule has 0 saturated carbocycles. The van der Waals surface area contributed by atoms with Crippen molar-refractivity contribution in [3.8, 4) is 5.75 Å². The topological polar surface area (TPSA) is 32.3 Å². The SMILES string of the molecule is C/C=C/c1c(NC)ccc(O)c1CCC.CCCl. The van der Waals surface area contributed by atoms with E-state index in [1.807, 2.05) is 39.1 Å². The number of allylic oxidation sites excluding steroid dienone is 1. The molecule has 0 saturated heterocycles. The van der Waals surface area contributed by atoms with Gasteiger partial charge in [0.05, 0.1) is 0 Å². The van der Waals surface area contributed by atoms with Crippen LogP contribution < -0.4 is 5.32 Å². The maximum absolute atomic E-state index is 9.81. The van der Waals surface area contributed by atoms with Crippen LogP contribution in [-0.2, 0) is 6.42 Å². The summed E-state index contributed by atoms with van der Waals surface area (Å²) in [6.45, 7) is 5.99. The van der Waals surface area contributed by atoms with Gasteiger partial charge in [-0.1, -0.05) is 32.4 Å². The summed E-state index contributed by atoms with van der Waals surface area (Å²) in [4.78, 5) is 0. The van der Waals surface area contributed by atoms with Gasteiger partial charge in [0.25, 0.3) is 0 Å². The number of benzene rings is 1. The summed E-state index contributed by atoms with van der Waals surface area (Å²) >= 11 is 5.00. The standard InChI is InChI=1S/C13H19NO.C2H5Cl/c1-4-6-10-11(7-5-2)13(15)9-8-12(10)14-3;1-2-3/h4,6,8-9,14-15H,5,7H2,1-3H3;2H2,1H3/b6-4+;. The summed E-state index contributed by atoms with van der Waals surface area (Å²) in [6, 6.07) is 3.66. The lowest BCUT2D eigenvalue weighted by Gasteiger charge is -2.12. The van der Waals surface area contributed by atoms with Crippen molar-refractivity contribution in [2.24, 2.45) is 0 Å². The number of phenols is 1. The Morgan fingerprint density at radius 2 is 1.94 bits per heavy atom. The van der Waals surface area contributed by atoms with Crippen molar-refractivity contribution in [1.82, 2.24) is 0 Å². The van der Waals surface area contributed by atoms with E-state index in [0.29, 0.717) is 5.75 Å². The van der Waals surface area contributed by atoms with Crippen LogP contribution in [0.3, 0.4) is 0 Å². The molecular weight excluding hydrogens is 246 g/mol. The molecule has 0 heterocycles. The van der Waals surface area contributed by atoms with Gasteiger partial charge in [0.1, 0.15) is 5.75 Å². The molecule has 0 atom stereocenters. The summed E-state index contributed by atoms with van der Waals surface area (Å²) in [5.41, 5.74) is 3.19. The van der Waals surface area contributed by atoms with Gasteiger partial charge in [-0.2, -0.15) is 0 Å². The van der Waals surface area contributed by atoms with E-state index >= 15 is 0 Å². The lowest BCUT2D eigenvalue weighted by molar-refractivity contribution is 0.467. The number of rotatable bonds is 4. The van der Waals surface area contributed by atoms with Crippen molar-refractivity contribution in [1.29, 1.82) is 0 Å². The van der Waals surface area contributed by atoms with E-state index < -0.39 is 0 Å². The Bertz CT molecular complexity index is 375. The fraction of sp³-hybridized carbons (Fsp3) is 0.467. The first kappa shape index (κ1) is 16.9. The first-order chi connectivity index (χ1) is 8.65. The van der Waals surface area contributed by atoms with Crippen LogP contribution in [0, 0.1) is 0 Å². The van der Waals surface area contributed by atoms with Crippen LogP contribution in [0.15, 0.2) is 18.2 Å². The van der Waals surface area contributed by atoms with Crippen LogP contribution in [0.25, 0.3) is 6.08 Å². The molecule has 1 aromatic carbocycles. The molecule has 3 heteroatoms. The number of aromatic hydroxyl groups is 1. The second-order valence-corrected chi connectivity index (χ2v) is 4.33. The molecule has 0 radical (unpaired) electrons. The molecule has 1 rings (SSSR count). The number of nitrogens with one attached hydrogen (secondary N) is 1. The van der Waals surface area contributed by atoms with Gasteiger partial charge in [-0.3, -0.25) is 0 Å². The van der Waals surface area contributed by atoms with Crippen molar-refractivity contribution < 1.29 is 5.11 Å². The fourth-order valence-electron chi connectivity index (χ4n) is 1.74. The van der Waals surface area contributed by atoms with Gasteiger partial charge in [0.2, 0.25) is 0 Å². The number of alkyl halides is 1. The highest BCUT2D eigenvalue weighted by Gasteiger charge is 2.08. The van der Waals surface area contributed by atoms with Crippen molar-refractivity contribution in [3.63, 3.8) is 0 Å². The number of phenolic OH excluding ortho intramolecular Hbond substituents is 1. The lowest BCUT2D eigenvalue weighted by atomic mass is 9.99. The molecule has 2 N–H and O–H groups in total. The van der Waals surface area contributed by atoms with Crippen LogP contribution in [0.2, 0.25) is 0 Å². The zero-order chi connectivity index (χ0) is 14.0. The van der Waals surface area contributed by atoms with Crippen LogP contribution in [0.5, 0.6) is 5.75 Å². The molecule has 0 aliphatic heterocycles. The molecule has 0 aliphatic carbocycles. The number of halogens is 1. The summed E-state index contributed by atoms with van der Waals surface area (Å²) in [5.74, 6) is 1.11. The molecule has 0 bridgehead atoms. The first-order valence-corrected chi connectivity index (χ1v) is 6.90. The third-order valence-corrected chi connectivity index (χ3v) is 2.44. The Balaban J connectivity index is 0.000000873. The van der Waals surface area contributed by atoms with Crippen molar-refractivity contribution in [2.45, 2.75) is 33.6 Å². The van der Waals surface area contributed by atoms with Crippen LogP contribution >= 0.6 is 11.6 Å². The van der Waals surface area contributed by atoms with Gasteiger partial charge in [-0.15, -0.1) is 11.6 Å². The highest BCUT2D eigenvalue weighted by Crippen LogP contribution is 2.30. The summed E-state index contributed by atoms with van der Waals surface area (Å²) in [5, 5.41) is 13.0. The molecule has 0 spiro atoms. The Morgan fingerprint density at radius 3 is 2.39 bits per heavy atom. The van der Waals surface area contributed by atoms with Gasteiger partial charge in [0.15, 0.2) is 0 Å². The smallest absolute Gasteiger partial charge is 0.119 e. The minimum Gasteiger partial charge on any atom is -0.508 e. The van der Waals surface area contributed by atoms with Gasteiger partial charge < -0.3 is 10.4 Å². The minimum atomic E-state index is 0.393. The lowest BCUT2D eigenvalue weighted by Crippen LogP contribution is -1.97. The molecule has 18 heavy (non-hydrogen) atoms. The molecule has 1 aromatic rings. The molecule has 102 valence electrons. The van der Waals surface area contributed by atoms with Crippen LogP contribution in [0.1, 0.15) is 38.3 Å². The van der Waals surface area contributed by atoms with Crippen molar-refractivity contribution in [3.05, 3.63) is 29.3 Å². The predicted octanol–water partition coefficient (Wildman–Crippen LogP) is 4.66. The second kappa shape index (κ2) is 9.84. The van der Waals surface area contributed by atoms with Gasteiger partial charge in [-0.05, 0) is 25.5 Å². The summed E-state index contributed by atoms with van der Waals surface area (Å²) in [7, 11) is 1.90. The van der Waals surface area contributed by atoms with Crippen LogP contribution in [0.4, 0.5) is 5.69 Å². The Labute approximate surface area is 116 Å². The average molecular weight is 270 g/mol. The Morgan fingerprint density at radius 1 is 1.33 bits per heavy atom. The first-order valence-electron chi connectivity index (χ1n) is 6.37. The Hall–Kier alpha value is -1.15. The minimum absolute atomic E-state index is 0.393. The molecule has 0 amide bonds. The largest absolute Gasteiger partial charge is 0.508 e. The molecule has 0 aromatic heterocycles. The predicted molar refractivity (Wildman–Crippen MR) is 82.8 cm³/mol. The summed E-state index contributed by atoms with van der Waals surface area (Å²) < 4.78 is 0.